The van der Waals surface area contributed by atoms with Gasteiger partial charge in [-0.3, -0.25) is 4.79 Å². The predicted molar refractivity (Wildman–Crippen MR) is 107 cm³/mol. The summed E-state index contributed by atoms with van der Waals surface area (Å²) in [6.45, 7) is 10.8. The lowest BCUT2D eigenvalue weighted by molar-refractivity contribution is -0.124. The molecular formula is C23H31NO2. The summed E-state index contributed by atoms with van der Waals surface area (Å²) in [4.78, 5) is 12.5. The van der Waals surface area contributed by atoms with Gasteiger partial charge in [0.2, 0.25) is 0 Å². The second-order valence-electron chi connectivity index (χ2n) is 8.20. The van der Waals surface area contributed by atoms with Gasteiger partial charge in [0.25, 0.3) is 5.91 Å². The lowest BCUT2D eigenvalue weighted by Gasteiger charge is -2.24. The third-order valence-corrected chi connectivity index (χ3v) is 4.30. The molecule has 0 aliphatic heterocycles. The SMILES string of the molecule is CC(C)C[C@@H](NC(=O)COc1ccccc1C(C)(C)C)c1ccccc1. The van der Waals surface area contributed by atoms with E-state index in [1.165, 1.54) is 0 Å². The first kappa shape index (κ1) is 20.0. The van der Waals surface area contributed by atoms with Crippen molar-refractivity contribution in [2.75, 3.05) is 6.61 Å². The Balaban J connectivity index is 2.03. The van der Waals surface area contributed by atoms with Gasteiger partial charge in [-0.25, -0.2) is 0 Å². The molecule has 26 heavy (non-hydrogen) atoms. The maximum Gasteiger partial charge on any atom is 0.258 e. The van der Waals surface area contributed by atoms with Crippen LogP contribution in [0.5, 0.6) is 5.75 Å². The summed E-state index contributed by atoms with van der Waals surface area (Å²) in [6, 6.07) is 18.0. The van der Waals surface area contributed by atoms with Crippen molar-refractivity contribution in [1.29, 1.82) is 0 Å². The van der Waals surface area contributed by atoms with Crippen LogP contribution < -0.4 is 10.1 Å². The Morgan fingerprint density at radius 1 is 1.00 bits per heavy atom. The Kier molecular flexibility index (Phi) is 6.84. The number of hydrogen-bond acceptors (Lipinski definition) is 2. The van der Waals surface area contributed by atoms with Gasteiger partial charge in [0.1, 0.15) is 5.75 Å². The average Bonchev–Trinajstić information content (AvgIpc) is 2.59. The zero-order valence-electron chi connectivity index (χ0n) is 16.6. The van der Waals surface area contributed by atoms with Gasteiger partial charge in [0, 0.05) is 0 Å². The lowest BCUT2D eigenvalue weighted by Crippen LogP contribution is -2.33. The number of benzene rings is 2. The molecule has 0 spiro atoms. The standard InChI is InChI=1S/C23H31NO2/c1-17(2)15-20(18-11-7-6-8-12-18)24-22(25)16-26-21-14-10-9-13-19(21)23(3,4)5/h6-14,17,20H,15-16H2,1-5H3,(H,24,25)/t20-/m1/s1. The number of carbonyl (C=O) groups excluding carboxylic acids is 1. The van der Waals surface area contributed by atoms with Crippen molar-refractivity contribution in [2.45, 2.75) is 52.5 Å². The molecule has 2 rings (SSSR count). The summed E-state index contributed by atoms with van der Waals surface area (Å²) in [5.74, 6) is 1.17. The van der Waals surface area contributed by atoms with E-state index in [0.717, 1.165) is 23.3 Å². The van der Waals surface area contributed by atoms with Gasteiger partial charge in [-0.05, 0) is 34.9 Å². The minimum absolute atomic E-state index is 0.00478. The van der Waals surface area contributed by atoms with E-state index >= 15 is 0 Å². The van der Waals surface area contributed by atoms with Crippen LogP contribution in [0, 0.1) is 5.92 Å². The molecule has 1 atom stereocenters. The van der Waals surface area contributed by atoms with Crippen molar-refractivity contribution >= 4 is 5.91 Å². The van der Waals surface area contributed by atoms with E-state index < -0.39 is 0 Å². The maximum absolute atomic E-state index is 12.5. The van der Waals surface area contributed by atoms with Crippen LogP contribution in [-0.2, 0) is 10.2 Å². The number of amides is 1. The van der Waals surface area contributed by atoms with E-state index in [-0.39, 0.29) is 24.0 Å². The van der Waals surface area contributed by atoms with Gasteiger partial charge >= 0.3 is 0 Å². The average molecular weight is 354 g/mol. The van der Waals surface area contributed by atoms with Crippen LogP contribution in [0.4, 0.5) is 0 Å². The molecule has 140 valence electrons. The minimum Gasteiger partial charge on any atom is -0.483 e. The highest BCUT2D eigenvalue weighted by atomic mass is 16.5. The largest absolute Gasteiger partial charge is 0.483 e. The number of para-hydroxylation sites is 1. The van der Waals surface area contributed by atoms with Crippen molar-refractivity contribution in [1.82, 2.24) is 5.32 Å². The summed E-state index contributed by atoms with van der Waals surface area (Å²) in [7, 11) is 0. The summed E-state index contributed by atoms with van der Waals surface area (Å²) in [6.07, 6.45) is 0.897. The topological polar surface area (TPSA) is 38.3 Å². The summed E-state index contributed by atoms with van der Waals surface area (Å²) in [5, 5.41) is 3.13. The molecule has 1 N–H and O–H groups in total. The van der Waals surface area contributed by atoms with Gasteiger partial charge in [0.15, 0.2) is 6.61 Å². The summed E-state index contributed by atoms with van der Waals surface area (Å²) < 4.78 is 5.86. The molecule has 0 heterocycles. The van der Waals surface area contributed by atoms with E-state index in [0.29, 0.717) is 5.92 Å². The van der Waals surface area contributed by atoms with E-state index in [1.54, 1.807) is 0 Å². The monoisotopic (exact) mass is 353 g/mol. The second-order valence-corrected chi connectivity index (χ2v) is 8.20. The molecule has 0 unspecified atom stereocenters. The number of carbonyl (C=O) groups is 1. The molecule has 0 aliphatic carbocycles. The van der Waals surface area contributed by atoms with Crippen molar-refractivity contribution in [3.63, 3.8) is 0 Å². The van der Waals surface area contributed by atoms with Gasteiger partial charge in [-0.15, -0.1) is 0 Å². The highest BCUT2D eigenvalue weighted by Crippen LogP contribution is 2.31. The van der Waals surface area contributed by atoms with Crippen LogP contribution in [0.2, 0.25) is 0 Å². The molecule has 2 aromatic rings. The van der Waals surface area contributed by atoms with Crippen molar-refractivity contribution < 1.29 is 9.53 Å². The third kappa shape index (κ3) is 5.91. The van der Waals surface area contributed by atoms with E-state index in [2.05, 4.69) is 58.1 Å². The molecule has 0 fully saturated rings. The Labute approximate surface area is 157 Å². The van der Waals surface area contributed by atoms with Crippen LogP contribution in [0.1, 0.15) is 58.2 Å². The summed E-state index contributed by atoms with van der Waals surface area (Å²) >= 11 is 0. The fourth-order valence-electron chi connectivity index (χ4n) is 3.03. The van der Waals surface area contributed by atoms with Crippen LogP contribution in [-0.4, -0.2) is 12.5 Å². The van der Waals surface area contributed by atoms with Gasteiger partial charge < -0.3 is 10.1 Å². The van der Waals surface area contributed by atoms with Crippen LogP contribution in [0.3, 0.4) is 0 Å². The van der Waals surface area contributed by atoms with E-state index in [1.807, 2.05) is 36.4 Å². The van der Waals surface area contributed by atoms with Gasteiger partial charge in [-0.2, -0.15) is 0 Å². The first-order valence-electron chi connectivity index (χ1n) is 9.34. The van der Waals surface area contributed by atoms with Gasteiger partial charge in [-0.1, -0.05) is 83.1 Å². The third-order valence-electron chi connectivity index (χ3n) is 4.30. The maximum atomic E-state index is 12.5. The van der Waals surface area contributed by atoms with Crippen LogP contribution in [0.25, 0.3) is 0 Å². The smallest absolute Gasteiger partial charge is 0.258 e. The normalized spacial score (nSPS) is 12.7. The molecule has 0 saturated heterocycles. The zero-order valence-corrected chi connectivity index (χ0v) is 16.6. The highest BCUT2D eigenvalue weighted by molar-refractivity contribution is 5.78. The molecule has 0 bridgehead atoms. The van der Waals surface area contributed by atoms with Gasteiger partial charge in [0.05, 0.1) is 6.04 Å². The summed E-state index contributed by atoms with van der Waals surface area (Å²) in [5.41, 5.74) is 2.20. The van der Waals surface area contributed by atoms with Crippen molar-refractivity contribution in [3.05, 3.63) is 65.7 Å². The quantitative estimate of drug-likeness (QED) is 0.737. The lowest BCUT2D eigenvalue weighted by atomic mass is 9.86. The fourth-order valence-corrected chi connectivity index (χ4v) is 3.03. The number of ether oxygens (including phenoxy) is 1. The predicted octanol–water partition coefficient (Wildman–Crippen LogP) is 5.27. The Bertz CT molecular complexity index is 702. The molecular weight excluding hydrogens is 322 g/mol. The van der Waals surface area contributed by atoms with Crippen LogP contribution >= 0.6 is 0 Å². The number of nitrogens with one attached hydrogen (secondary N) is 1. The first-order valence-corrected chi connectivity index (χ1v) is 9.34. The van der Waals surface area contributed by atoms with E-state index in [4.69, 9.17) is 4.74 Å². The molecule has 0 aliphatic rings. The molecule has 3 nitrogen and oxygen atoms in total. The first-order chi connectivity index (χ1) is 12.3. The second kappa shape index (κ2) is 8.88. The van der Waals surface area contributed by atoms with Crippen molar-refractivity contribution in [2.24, 2.45) is 5.92 Å². The Hall–Kier alpha value is -2.29. The Morgan fingerprint density at radius 2 is 1.62 bits per heavy atom. The minimum atomic E-state index is -0.0942. The molecule has 0 saturated carbocycles. The van der Waals surface area contributed by atoms with Crippen molar-refractivity contribution in [3.8, 4) is 5.75 Å². The molecule has 0 radical (unpaired) electrons. The molecule has 3 heteroatoms. The number of hydrogen-bond donors (Lipinski definition) is 1. The molecule has 1 amide bonds. The Morgan fingerprint density at radius 3 is 2.23 bits per heavy atom. The fraction of sp³-hybridized carbons (Fsp3) is 0.435. The zero-order chi connectivity index (χ0) is 19.2. The highest BCUT2D eigenvalue weighted by Gasteiger charge is 2.20. The van der Waals surface area contributed by atoms with Crippen LogP contribution in [0.15, 0.2) is 54.6 Å². The molecule has 0 aromatic heterocycles. The number of rotatable bonds is 7. The molecule has 2 aromatic carbocycles. The van der Waals surface area contributed by atoms with E-state index in [9.17, 15) is 4.79 Å².